The Balaban J connectivity index is 1.59. The van der Waals surface area contributed by atoms with Crippen LogP contribution in [0, 0.1) is 5.82 Å². The molecule has 1 N–H and O–H groups in total. The summed E-state index contributed by atoms with van der Waals surface area (Å²) in [5.74, 6) is 0.496. The van der Waals surface area contributed by atoms with Crippen LogP contribution in [0.5, 0.6) is 11.5 Å². The molecule has 1 heterocycles. The Morgan fingerprint density at radius 1 is 1.08 bits per heavy atom. The molecular formula is C28H25Br2FN4O4. The lowest BCUT2D eigenvalue weighted by Crippen LogP contribution is -2.22. The minimum Gasteiger partial charge on any atom is -0.490 e. The molecule has 0 aliphatic heterocycles. The van der Waals surface area contributed by atoms with Gasteiger partial charge in [-0.25, -0.2) is 9.37 Å². The van der Waals surface area contributed by atoms with Crippen LogP contribution in [0.3, 0.4) is 0 Å². The van der Waals surface area contributed by atoms with Crippen molar-refractivity contribution in [3.63, 3.8) is 0 Å². The molecule has 0 spiro atoms. The Hall–Kier alpha value is -3.57. The van der Waals surface area contributed by atoms with Gasteiger partial charge in [0.15, 0.2) is 18.1 Å². The largest absolute Gasteiger partial charge is 0.490 e. The predicted molar refractivity (Wildman–Crippen MR) is 157 cm³/mol. The summed E-state index contributed by atoms with van der Waals surface area (Å²) in [7, 11) is 0. The number of halogens is 3. The summed E-state index contributed by atoms with van der Waals surface area (Å²) in [5.41, 5.74) is 1.43. The van der Waals surface area contributed by atoms with E-state index in [0.717, 1.165) is 10.9 Å². The number of rotatable bonds is 10. The lowest BCUT2D eigenvalue weighted by atomic mass is 10.2. The second kappa shape index (κ2) is 13.0. The molecule has 1 aromatic heterocycles. The van der Waals surface area contributed by atoms with Crippen molar-refractivity contribution in [3.8, 4) is 11.5 Å². The number of hydrogen-bond donors (Lipinski definition) is 1. The molecule has 0 saturated heterocycles. The number of amides is 1. The third kappa shape index (κ3) is 7.10. The van der Waals surface area contributed by atoms with Gasteiger partial charge in [-0.05, 0) is 83.9 Å². The average Bonchev–Trinajstić information content (AvgIpc) is 2.91. The Kier molecular flexibility index (Phi) is 9.47. The average molecular weight is 660 g/mol. The molecule has 4 aromatic rings. The first kappa shape index (κ1) is 28.4. The Morgan fingerprint density at radius 3 is 2.54 bits per heavy atom. The zero-order chi connectivity index (χ0) is 27.9. The molecule has 3 aromatic carbocycles. The van der Waals surface area contributed by atoms with Gasteiger partial charge in [-0.2, -0.15) is 9.78 Å². The van der Waals surface area contributed by atoms with Crippen LogP contribution < -0.4 is 20.3 Å². The van der Waals surface area contributed by atoms with E-state index in [1.165, 1.54) is 28.9 Å². The van der Waals surface area contributed by atoms with Crippen LogP contribution in [0.1, 0.15) is 31.7 Å². The number of carbonyl (C=O) groups excluding carboxylic acids is 1. The highest BCUT2D eigenvalue weighted by Crippen LogP contribution is 2.33. The van der Waals surface area contributed by atoms with Crippen LogP contribution in [-0.4, -0.2) is 35.0 Å². The van der Waals surface area contributed by atoms with Crippen molar-refractivity contribution in [2.45, 2.75) is 26.7 Å². The number of hydrogen-bond acceptors (Lipinski definition) is 6. The number of carbonyl (C=O) groups is 1. The molecule has 0 fully saturated rings. The fraction of sp³-hybridized carbons (Fsp3) is 0.214. The standard InChI is InChI=1S/C28H25Br2FN4O4/c1-3-5-26-34-23-11-6-18(29)13-21(23)28(37)35(26)32-15-17-12-24(38-4-2)25(14-22(17)30)39-16-27(36)33-20-9-7-19(31)8-10-20/h6-15H,3-5,16H2,1-2H3,(H,33,36). The van der Waals surface area contributed by atoms with Crippen LogP contribution in [0.2, 0.25) is 0 Å². The molecule has 0 unspecified atom stereocenters. The number of anilines is 1. The molecule has 1 amide bonds. The molecular weight excluding hydrogens is 635 g/mol. The van der Waals surface area contributed by atoms with Gasteiger partial charge in [0, 0.05) is 26.6 Å². The van der Waals surface area contributed by atoms with Crippen molar-refractivity contribution in [2.24, 2.45) is 5.10 Å². The summed E-state index contributed by atoms with van der Waals surface area (Å²) < 4.78 is 27.3. The van der Waals surface area contributed by atoms with E-state index in [-0.39, 0.29) is 12.2 Å². The maximum atomic E-state index is 13.3. The van der Waals surface area contributed by atoms with Gasteiger partial charge in [0.1, 0.15) is 11.6 Å². The number of ether oxygens (including phenoxy) is 2. The number of aryl methyl sites for hydroxylation is 1. The van der Waals surface area contributed by atoms with Gasteiger partial charge in [0.05, 0.1) is 23.7 Å². The minimum absolute atomic E-state index is 0.269. The van der Waals surface area contributed by atoms with E-state index >= 15 is 0 Å². The topological polar surface area (TPSA) is 94.8 Å². The van der Waals surface area contributed by atoms with Crippen molar-refractivity contribution in [3.05, 3.63) is 91.1 Å². The summed E-state index contributed by atoms with van der Waals surface area (Å²) in [6.07, 6.45) is 2.92. The highest BCUT2D eigenvalue weighted by molar-refractivity contribution is 9.10. The second-order valence-corrected chi connectivity index (χ2v) is 10.2. The van der Waals surface area contributed by atoms with Gasteiger partial charge in [-0.1, -0.05) is 22.9 Å². The maximum Gasteiger partial charge on any atom is 0.282 e. The number of aromatic nitrogens is 2. The van der Waals surface area contributed by atoms with Crippen molar-refractivity contribution >= 4 is 60.6 Å². The molecule has 0 bridgehead atoms. The van der Waals surface area contributed by atoms with E-state index < -0.39 is 11.7 Å². The van der Waals surface area contributed by atoms with E-state index in [1.54, 1.807) is 30.5 Å². The van der Waals surface area contributed by atoms with Crippen LogP contribution in [0.15, 0.2) is 73.4 Å². The molecule has 0 atom stereocenters. The monoisotopic (exact) mass is 658 g/mol. The van der Waals surface area contributed by atoms with Crippen molar-refractivity contribution in [1.82, 2.24) is 9.66 Å². The maximum absolute atomic E-state index is 13.3. The summed E-state index contributed by atoms with van der Waals surface area (Å²) >= 11 is 6.93. The highest BCUT2D eigenvalue weighted by atomic mass is 79.9. The Bertz CT molecular complexity index is 1590. The number of fused-ring (bicyclic) bond motifs is 1. The highest BCUT2D eigenvalue weighted by Gasteiger charge is 2.14. The zero-order valence-electron chi connectivity index (χ0n) is 21.2. The van der Waals surface area contributed by atoms with E-state index in [2.05, 4.69) is 47.3 Å². The molecule has 0 aliphatic rings. The summed E-state index contributed by atoms with van der Waals surface area (Å²) in [6.45, 7) is 3.91. The molecule has 0 aliphatic carbocycles. The van der Waals surface area contributed by atoms with E-state index in [0.29, 0.717) is 57.0 Å². The number of nitrogens with one attached hydrogen (secondary N) is 1. The van der Waals surface area contributed by atoms with Crippen LogP contribution in [0.25, 0.3) is 10.9 Å². The smallest absolute Gasteiger partial charge is 0.282 e. The molecule has 11 heteroatoms. The Morgan fingerprint density at radius 2 is 1.82 bits per heavy atom. The van der Waals surface area contributed by atoms with Gasteiger partial charge in [-0.3, -0.25) is 9.59 Å². The molecule has 39 heavy (non-hydrogen) atoms. The van der Waals surface area contributed by atoms with E-state index in [1.807, 2.05) is 19.9 Å². The lowest BCUT2D eigenvalue weighted by molar-refractivity contribution is -0.118. The van der Waals surface area contributed by atoms with Gasteiger partial charge >= 0.3 is 0 Å². The van der Waals surface area contributed by atoms with Crippen molar-refractivity contribution in [1.29, 1.82) is 0 Å². The van der Waals surface area contributed by atoms with E-state index in [9.17, 15) is 14.0 Å². The zero-order valence-corrected chi connectivity index (χ0v) is 24.4. The third-order valence-electron chi connectivity index (χ3n) is 5.51. The van der Waals surface area contributed by atoms with Crippen LogP contribution >= 0.6 is 31.9 Å². The minimum atomic E-state index is -0.413. The molecule has 0 radical (unpaired) electrons. The van der Waals surface area contributed by atoms with Gasteiger partial charge in [-0.15, -0.1) is 0 Å². The first-order valence-electron chi connectivity index (χ1n) is 12.2. The summed E-state index contributed by atoms with van der Waals surface area (Å²) in [4.78, 5) is 30.3. The van der Waals surface area contributed by atoms with Crippen LogP contribution in [-0.2, 0) is 11.2 Å². The number of nitrogens with zero attached hydrogens (tertiary/aromatic N) is 3. The Labute approximate surface area is 241 Å². The second-order valence-electron chi connectivity index (χ2n) is 8.40. The van der Waals surface area contributed by atoms with Gasteiger partial charge < -0.3 is 14.8 Å². The quantitative estimate of drug-likeness (QED) is 0.201. The fourth-order valence-corrected chi connectivity index (χ4v) is 4.51. The SMILES string of the molecule is CCCc1nc2ccc(Br)cc2c(=O)n1N=Cc1cc(OCC)c(OCC(=O)Nc2ccc(F)cc2)cc1Br. The first-order chi connectivity index (χ1) is 18.8. The van der Waals surface area contributed by atoms with Gasteiger partial charge in [0.2, 0.25) is 0 Å². The van der Waals surface area contributed by atoms with Crippen molar-refractivity contribution in [2.75, 3.05) is 18.5 Å². The molecule has 4 rings (SSSR count). The molecule has 0 saturated carbocycles. The van der Waals surface area contributed by atoms with Gasteiger partial charge in [0.25, 0.3) is 11.5 Å². The molecule has 202 valence electrons. The van der Waals surface area contributed by atoms with Crippen LogP contribution in [0.4, 0.5) is 10.1 Å². The molecule has 8 nitrogen and oxygen atoms in total. The third-order valence-corrected chi connectivity index (χ3v) is 6.69. The number of benzene rings is 3. The fourth-order valence-electron chi connectivity index (χ4n) is 3.72. The lowest BCUT2D eigenvalue weighted by Gasteiger charge is -2.14. The predicted octanol–water partition coefficient (Wildman–Crippen LogP) is 6.31. The normalized spacial score (nSPS) is 11.2. The van der Waals surface area contributed by atoms with Crippen molar-refractivity contribution < 1.29 is 18.7 Å². The summed E-state index contributed by atoms with van der Waals surface area (Å²) in [6, 6.07) is 14.2. The summed E-state index contributed by atoms with van der Waals surface area (Å²) in [5, 5.41) is 7.58. The first-order valence-corrected chi connectivity index (χ1v) is 13.8. The van der Waals surface area contributed by atoms with E-state index in [4.69, 9.17) is 9.47 Å².